The monoisotopic (exact) mass is 496 g/mol. The molecule has 1 aromatic carbocycles. The zero-order valence-electron chi connectivity index (χ0n) is 20.1. The van der Waals surface area contributed by atoms with Gasteiger partial charge >= 0.3 is 6.36 Å². The maximum absolute atomic E-state index is 13.4. The minimum Gasteiger partial charge on any atom is -0.406 e. The largest absolute Gasteiger partial charge is 0.573 e. The van der Waals surface area contributed by atoms with Crippen LogP contribution < -0.4 is 10.1 Å². The fourth-order valence-electron chi connectivity index (χ4n) is 4.86. The number of benzene rings is 1. The maximum Gasteiger partial charge on any atom is 0.573 e. The summed E-state index contributed by atoms with van der Waals surface area (Å²) in [6.07, 6.45) is -2.22. The Kier molecular flexibility index (Phi) is 7.67. The third-order valence-electron chi connectivity index (χ3n) is 6.64. The van der Waals surface area contributed by atoms with E-state index in [4.69, 9.17) is 9.47 Å². The molecule has 1 amide bonds. The van der Waals surface area contributed by atoms with Gasteiger partial charge in [-0.25, -0.2) is 4.68 Å². The van der Waals surface area contributed by atoms with Crippen molar-refractivity contribution < 1.29 is 32.2 Å². The zero-order valence-corrected chi connectivity index (χ0v) is 20.1. The molecule has 0 radical (unpaired) electrons. The molecule has 2 aliphatic heterocycles. The van der Waals surface area contributed by atoms with Crippen molar-refractivity contribution in [2.75, 3.05) is 33.4 Å². The van der Waals surface area contributed by atoms with Gasteiger partial charge in [0.1, 0.15) is 5.75 Å². The van der Waals surface area contributed by atoms with Crippen molar-refractivity contribution in [1.82, 2.24) is 20.0 Å². The van der Waals surface area contributed by atoms with Crippen LogP contribution in [0.3, 0.4) is 0 Å². The Labute approximate surface area is 202 Å². The third kappa shape index (κ3) is 5.96. The molecule has 3 heterocycles. The lowest BCUT2D eigenvalue weighted by atomic mass is 9.99. The van der Waals surface area contributed by atoms with Crippen molar-refractivity contribution in [2.24, 2.45) is 0 Å². The number of rotatable bonds is 6. The predicted molar refractivity (Wildman–Crippen MR) is 122 cm³/mol. The van der Waals surface area contributed by atoms with Gasteiger partial charge in [-0.3, -0.25) is 4.79 Å². The molecule has 2 saturated heterocycles. The van der Waals surface area contributed by atoms with Crippen LogP contribution in [0.15, 0.2) is 24.3 Å². The van der Waals surface area contributed by atoms with Crippen molar-refractivity contribution in [1.29, 1.82) is 0 Å². The first kappa shape index (κ1) is 25.5. The molecule has 11 heteroatoms. The van der Waals surface area contributed by atoms with E-state index in [-0.39, 0.29) is 23.8 Å². The van der Waals surface area contributed by atoms with Crippen LogP contribution in [-0.2, 0) is 9.47 Å². The van der Waals surface area contributed by atoms with Gasteiger partial charge in [-0.1, -0.05) is 6.07 Å². The van der Waals surface area contributed by atoms with Crippen molar-refractivity contribution >= 4 is 5.91 Å². The van der Waals surface area contributed by atoms with Crippen LogP contribution >= 0.6 is 0 Å². The highest BCUT2D eigenvalue weighted by Gasteiger charge is 2.33. The average Bonchev–Trinajstić information content (AvgIpc) is 3.12. The van der Waals surface area contributed by atoms with Gasteiger partial charge in [-0.05, 0) is 45.2 Å². The van der Waals surface area contributed by atoms with Gasteiger partial charge in [-0.2, -0.15) is 5.10 Å². The highest BCUT2D eigenvalue weighted by Crippen LogP contribution is 2.27. The van der Waals surface area contributed by atoms with E-state index in [2.05, 4.69) is 15.2 Å². The molecular formula is C24H31F3N4O4. The fraction of sp³-hybridized carbons (Fsp3) is 0.583. The molecule has 0 spiro atoms. The van der Waals surface area contributed by atoms with Crippen molar-refractivity contribution in [2.45, 2.75) is 57.7 Å². The van der Waals surface area contributed by atoms with Crippen LogP contribution in [0.1, 0.15) is 41.0 Å². The Morgan fingerprint density at radius 3 is 2.63 bits per heavy atom. The highest BCUT2D eigenvalue weighted by molar-refractivity contribution is 5.96. The predicted octanol–water partition coefficient (Wildman–Crippen LogP) is 3.39. The number of aromatic nitrogens is 2. The summed E-state index contributed by atoms with van der Waals surface area (Å²) < 4.78 is 54.4. The maximum atomic E-state index is 13.4. The molecule has 1 aromatic heterocycles. The molecule has 192 valence electrons. The fourth-order valence-corrected chi connectivity index (χ4v) is 4.86. The third-order valence-corrected chi connectivity index (χ3v) is 6.64. The number of methoxy groups -OCH3 is 1. The Hall–Kier alpha value is -2.63. The number of halogens is 3. The summed E-state index contributed by atoms with van der Waals surface area (Å²) in [6.45, 7) is 5.99. The van der Waals surface area contributed by atoms with Crippen molar-refractivity contribution in [3.05, 3.63) is 41.2 Å². The first-order chi connectivity index (χ1) is 16.7. The van der Waals surface area contributed by atoms with Gasteiger partial charge in [0.05, 0.1) is 35.3 Å². The Balaban J connectivity index is 1.42. The lowest BCUT2D eigenvalue weighted by molar-refractivity contribution is -0.274. The lowest BCUT2D eigenvalue weighted by Crippen LogP contribution is -2.54. The average molecular weight is 497 g/mol. The minimum atomic E-state index is -4.79. The number of amides is 1. The van der Waals surface area contributed by atoms with Crippen LogP contribution in [0.5, 0.6) is 5.75 Å². The number of piperidine rings is 1. The van der Waals surface area contributed by atoms with E-state index in [1.807, 2.05) is 4.90 Å². The number of carbonyl (C=O) groups excluding carboxylic acids is 1. The van der Waals surface area contributed by atoms with Crippen molar-refractivity contribution in [3.8, 4) is 11.4 Å². The molecular weight excluding hydrogens is 465 g/mol. The van der Waals surface area contributed by atoms with E-state index in [0.717, 1.165) is 19.3 Å². The second kappa shape index (κ2) is 10.5. The summed E-state index contributed by atoms with van der Waals surface area (Å²) >= 11 is 0. The van der Waals surface area contributed by atoms with Crippen LogP contribution in [0.4, 0.5) is 13.2 Å². The standard InChI is InChI=1S/C24H31F3N4O4/c1-15-22(16(2)31(29-15)18-5-4-6-19(13-18)35-24(25,26)27)23(32)30-10-7-17(8-11-30)28-20-9-12-34-14-21(20)33-3/h4-6,13,17,20-21,28H,7-12,14H2,1-3H3/t20-,21+/m1/s1. The number of hydrogen-bond donors (Lipinski definition) is 1. The topological polar surface area (TPSA) is 77.9 Å². The van der Waals surface area contributed by atoms with E-state index in [1.54, 1.807) is 27.0 Å². The van der Waals surface area contributed by atoms with Crippen LogP contribution in [0.25, 0.3) is 5.69 Å². The molecule has 35 heavy (non-hydrogen) atoms. The Morgan fingerprint density at radius 2 is 1.94 bits per heavy atom. The molecule has 0 aliphatic carbocycles. The van der Waals surface area contributed by atoms with E-state index >= 15 is 0 Å². The number of nitrogens with zero attached hydrogens (tertiary/aromatic N) is 3. The van der Waals surface area contributed by atoms with Crippen LogP contribution in [0.2, 0.25) is 0 Å². The molecule has 0 bridgehead atoms. The number of hydrogen-bond acceptors (Lipinski definition) is 6. The van der Waals surface area contributed by atoms with E-state index in [0.29, 0.717) is 55.0 Å². The first-order valence-corrected chi connectivity index (χ1v) is 11.7. The van der Waals surface area contributed by atoms with E-state index in [1.165, 1.54) is 22.9 Å². The number of alkyl halides is 3. The van der Waals surface area contributed by atoms with Crippen LogP contribution in [0, 0.1) is 13.8 Å². The SMILES string of the molecule is CO[C@H]1COCC[C@H]1NC1CCN(C(=O)c2c(C)nn(-c3cccc(OC(F)(F)F)c3)c2C)CC1. The molecule has 2 atom stereocenters. The summed E-state index contributed by atoms with van der Waals surface area (Å²) in [5, 5.41) is 8.11. The second-order valence-corrected chi connectivity index (χ2v) is 8.98. The number of likely N-dealkylation sites (tertiary alicyclic amines) is 1. The van der Waals surface area contributed by atoms with Gasteiger partial charge in [0, 0.05) is 45.0 Å². The quantitative estimate of drug-likeness (QED) is 0.661. The molecule has 1 N–H and O–H groups in total. The second-order valence-electron chi connectivity index (χ2n) is 8.98. The van der Waals surface area contributed by atoms with E-state index in [9.17, 15) is 18.0 Å². The molecule has 2 fully saturated rings. The highest BCUT2D eigenvalue weighted by atomic mass is 19.4. The molecule has 2 aliphatic rings. The molecule has 0 unspecified atom stereocenters. The number of carbonyl (C=O) groups is 1. The molecule has 8 nitrogen and oxygen atoms in total. The summed E-state index contributed by atoms with van der Waals surface area (Å²) in [7, 11) is 1.69. The molecule has 2 aromatic rings. The van der Waals surface area contributed by atoms with Crippen molar-refractivity contribution in [3.63, 3.8) is 0 Å². The normalized spacial score (nSPS) is 21.8. The van der Waals surface area contributed by atoms with Crippen LogP contribution in [-0.4, -0.2) is 78.6 Å². The molecule has 0 saturated carbocycles. The zero-order chi connectivity index (χ0) is 25.2. The van der Waals surface area contributed by atoms with Gasteiger partial charge in [-0.15, -0.1) is 13.2 Å². The first-order valence-electron chi connectivity index (χ1n) is 11.7. The Bertz CT molecular complexity index is 1030. The smallest absolute Gasteiger partial charge is 0.406 e. The summed E-state index contributed by atoms with van der Waals surface area (Å²) in [4.78, 5) is 15.2. The Morgan fingerprint density at radius 1 is 1.20 bits per heavy atom. The number of nitrogens with one attached hydrogen (secondary N) is 1. The summed E-state index contributed by atoms with van der Waals surface area (Å²) in [5.74, 6) is -0.460. The summed E-state index contributed by atoms with van der Waals surface area (Å²) in [5.41, 5.74) is 1.96. The van der Waals surface area contributed by atoms with E-state index < -0.39 is 6.36 Å². The minimum absolute atomic E-state index is 0.0274. The number of ether oxygens (including phenoxy) is 3. The van der Waals surface area contributed by atoms with Gasteiger partial charge in [0.2, 0.25) is 0 Å². The van der Waals surface area contributed by atoms with Gasteiger partial charge < -0.3 is 24.4 Å². The summed E-state index contributed by atoms with van der Waals surface area (Å²) in [6, 6.07) is 6.09. The number of aryl methyl sites for hydroxylation is 1. The van der Waals surface area contributed by atoms with Gasteiger partial charge in [0.25, 0.3) is 5.91 Å². The lowest BCUT2D eigenvalue weighted by Gasteiger charge is -2.38. The molecule has 4 rings (SSSR count). The van der Waals surface area contributed by atoms with Gasteiger partial charge in [0.15, 0.2) is 0 Å².